The lowest BCUT2D eigenvalue weighted by atomic mass is 9.85. The Morgan fingerprint density at radius 3 is 2.95 bits per heavy atom. The van der Waals surface area contributed by atoms with Gasteiger partial charge in [-0.05, 0) is 18.6 Å². The van der Waals surface area contributed by atoms with Crippen LogP contribution in [0.15, 0.2) is 29.6 Å². The van der Waals surface area contributed by atoms with Crippen molar-refractivity contribution in [3.8, 4) is 0 Å². The summed E-state index contributed by atoms with van der Waals surface area (Å²) in [5, 5.41) is 2.93. The number of hydrogen-bond donors (Lipinski definition) is 1. The Balaban J connectivity index is 2.53. The van der Waals surface area contributed by atoms with Crippen molar-refractivity contribution in [2.75, 3.05) is 7.11 Å². The summed E-state index contributed by atoms with van der Waals surface area (Å²) in [7, 11) is 1.31. The molecule has 0 spiro atoms. The SMILES string of the molecule is COC(=O)C1=C(C)NC(=O)CC1c1cccnc1Cl. The second-order valence-corrected chi connectivity index (χ2v) is 4.58. The number of nitrogens with zero attached hydrogens (tertiary/aromatic N) is 1. The topological polar surface area (TPSA) is 68.3 Å². The summed E-state index contributed by atoms with van der Waals surface area (Å²) >= 11 is 6.05. The van der Waals surface area contributed by atoms with Gasteiger partial charge in [-0.15, -0.1) is 0 Å². The zero-order valence-electron chi connectivity index (χ0n) is 10.6. The van der Waals surface area contributed by atoms with Crippen LogP contribution < -0.4 is 5.32 Å². The second-order valence-electron chi connectivity index (χ2n) is 4.22. The van der Waals surface area contributed by atoms with Gasteiger partial charge in [0, 0.05) is 24.2 Å². The standard InChI is InChI=1S/C13H13ClN2O3/c1-7-11(13(18)19-2)9(6-10(17)16-7)8-4-3-5-15-12(8)14/h3-5,9H,6H2,1-2H3,(H,16,17). The van der Waals surface area contributed by atoms with Crippen LogP contribution in [0.4, 0.5) is 0 Å². The Morgan fingerprint density at radius 2 is 2.32 bits per heavy atom. The first kappa shape index (κ1) is 13.5. The van der Waals surface area contributed by atoms with Crippen molar-refractivity contribution < 1.29 is 14.3 Å². The van der Waals surface area contributed by atoms with Crippen molar-refractivity contribution >= 4 is 23.5 Å². The number of rotatable bonds is 2. The third kappa shape index (κ3) is 2.61. The molecular formula is C13H13ClN2O3. The van der Waals surface area contributed by atoms with Crippen molar-refractivity contribution in [1.82, 2.24) is 10.3 Å². The van der Waals surface area contributed by atoms with Gasteiger partial charge in [0.25, 0.3) is 0 Å². The molecular weight excluding hydrogens is 268 g/mol. The average molecular weight is 281 g/mol. The molecule has 0 aromatic carbocycles. The number of esters is 1. The highest BCUT2D eigenvalue weighted by atomic mass is 35.5. The summed E-state index contributed by atoms with van der Waals surface area (Å²) in [6.07, 6.45) is 1.70. The van der Waals surface area contributed by atoms with Crippen LogP contribution in [0.5, 0.6) is 0 Å². The van der Waals surface area contributed by atoms with Crippen molar-refractivity contribution in [3.05, 3.63) is 40.3 Å². The molecule has 0 saturated heterocycles. The molecule has 1 amide bonds. The van der Waals surface area contributed by atoms with Crippen LogP contribution in [0.2, 0.25) is 5.15 Å². The van der Waals surface area contributed by atoms with Gasteiger partial charge in [-0.2, -0.15) is 0 Å². The third-order valence-corrected chi connectivity index (χ3v) is 3.35. The van der Waals surface area contributed by atoms with Crippen LogP contribution in [-0.2, 0) is 14.3 Å². The van der Waals surface area contributed by atoms with E-state index in [-0.39, 0.29) is 17.5 Å². The predicted molar refractivity (Wildman–Crippen MR) is 69.5 cm³/mol. The van der Waals surface area contributed by atoms with Crippen LogP contribution in [0.25, 0.3) is 0 Å². The zero-order chi connectivity index (χ0) is 14.0. The molecule has 0 bridgehead atoms. The average Bonchev–Trinajstić information content (AvgIpc) is 2.37. The fourth-order valence-corrected chi connectivity index (χ4v) is 2.46. The lowest BCUT2D eigenvalue weighted by Crippen LogP contribution is -2.34. The van der Waals surface area contributed by atoms with E-state index in [2.05, 4.69) is 10.3 Å². The first-order valence-corrected chi connectivity index (χ1v) is 6.11. The van der Waals surface area contributed by atoms with Crippen molar-refractivity contribution in [1.29, 1.82) is 0 Å². The molecule has 0 radical (unpaired) electrons. The van der Waals surface area contributed by atoms with Crippen LogP contribution in [0.3, 0.4) is 0 Å². The van der Waals surface area contributed by atoms with Gasteiger partial charge in [0.1, 0.15) is 5.15 Å². The highest BCUT2D eigenvalue weighted by Gasteiger charge is 2.33. The highest BCUT2D eigenvalue weighted by Crippen LogP contribution is 2.35. The molecule has 1 aromatic rings. The number of halogens is 1. The fraction of sp³-hybridized carbons (Fsp3) is 0.308. The van der Waals surface area contributed by atoms with E-state index in [1.165, 1.54) is 7.11 Å². The zero-order valence-corrected chi connectivity index (χ0v) is 11.3. The van der Waals surface area contributed by atoms with Crippen LogP contribution in [0, 0.1) is 0 Å². The molecule has 1 aliphatic rings. The number of methoxy groups -OCH3 is 1. The van der Waals surface area contributed by atoms with Crippen molar-refractivity contribution in [2.45, 2.75) is 19.3 Å². The number of pyridine rings is 1. The third-order valence-electron chi connectivity index (χ3n) is 3.04. The molecule has 1 aromatic heterocycles. The number of amides is 1. The molecule has 2 heterocycles. The molecule has 0 fully saturated rings. The van der Waals surface area contributed by atoms with E-state index in [1.54, 1.807) is 25.3 Å². The van der Waals surface area contributed by atoms with E-state index in [0.29, 0.717) is 16.8 Å². The summed E-state index contributed by atoms with van der Waals surface area (Å²) in [4.78, 5) is 27.5. The van der Waals surface area contributed by atoms with Crippen LogP contribution >= 0.6 is 11.6 Å². The summed E-state index contributed by atoms with van der Waals surface area (Å²) in [5.74, 6) is -1.06. The Hall–Kier alpha value is -1.88. The maximum absolute atomic E-state index is 11.9. The summed E-state index contributed by atoms with van der Waals surface area (Å²) < 4.78 is 4.78. The smallest absolute Gasteiger partial charge is 0.336 e. The first-order valence-electron chi connectivity index (χ1n) is 5.74. The van der Waals surface area contributed by atoms with Crippen molar-refractivity contribution in [3.63, 3.8) is 0 Å². The largest absolute Gasteiger partial charge is 0.466 e. The van der Waals surface area contributed by atoms with Gasteiger partial charge >= 0.3 is 5.97 Å². The lowest BCUT2D eigenvalue weighted by molar-refractivity contribution is -0.136. The van der Waals surface area contributed by atoms with Gasteiger partial charge in [0.15, 0.2) is 0 Å². The van der Waals surface area contributed by atoms with Crippen LogP contribution in [0.1, 0.15) is 24.8 Å². The number of carbonyl (C=O) groups is 2. The van der Waals surface area contributed by atoms with E-state index < -0.39 is 11.9 Å². The van der Waals surface area contributed by atoms with Gasteiger partial charge < -0.3 is 10.1 Å². The lowest BCUT2D eigenvalue weighted by Gasteiger charge is -2.26. The Morgan fingerprint density at radius 1 is 1.58 bits per heavy atom. The summed E-state index contributed by atoms with van der Waals surface area (Å²) in [6.45, 7) is 1.67. The fourth-order valence-electron chi connectivity index (χ4n) is 2.21. The maximum atomic E-state index is 11.9. The molecule has 1 atom stereocenters. The van der Waals surface area contributed by atoms with E-state index in [0.717, 1.165) is 0 Å². The monoisotopic (exact) mass is 280 g/mol. The molecule has 1 aliphatic heterocycles. The van der Waals surface area contributed by atoms with Crippen LogP contribution in [-0.4, -0.2) is 24.0 Å². The highest BCUT2D eigenvalue weighted by molar-refractivity contribution is 6.30. The van der Waals surface area contributed by atoms with E-state index in [1.807, 2.05) is 0 Å². The van der Waals surface area contributed by atoms with E-state index in [4.69, 9.17) is 16.3 Å². The minimum absolute atomic E-state index is 0.146. The molecule has 1 N–H and O–H groups in total. The quantitative estimate of drug-likeness (QED) is 0.662. The van der Waals surface area contributed by atoms with Gasteiger partial charge in [0.05, 0.1) is 12.7 Å². The Labute approximate surface area is 115 Å². The van der Waals surface area contributed by atoms with Gasteiger partial charge in [-0.1, -0.05) is 17.7 Å². The number of hydrogen-bond acceptors (Lipinski definition) is 4. The molecule has 100 valence electrons. The summed E-state index contributed by atoms with van der Waals surface area (Å²) in [6, 6.07) is 3.48. The number of allylic oxidation sites excluding steroid dienone is 1. The predicted octanol–water partition coefficient (Wildman–Crippen LogP) is 1.79. The number of aromatic nitrogens is 1. The molecule has 19 heavy (non-hydrogen) atoms. The Kier molecular flexibility index (Phi) is 3.85. The molecule has 5 nitrogen and oxygen atoms in total. The summed E-state index contributed by atoms with van der Waals surface area (Å²) in [5.41, 5.74) is 1.56. The minimum Gasteiger partial charge on any atom is -0.466 e. The number of ether oxygens (including phenoxy) is 1. The maximum Gasteiger partial charge on any atom is 0.336 e. The minimum atomic E-state index is -0.470. The van der Waals surface area contributed by atoms with E-state index >= 15 is 0 Å². The molecule has 2 rings (SSSR count). The first-order chi connectivity index (χ1) is 9.04. The molecule has 0 saturated carbocycles. The Bertz CT molecular complexity index is 569. The molecule has 0 aliphatic carbocycles. The number of carbonyl (C=O) groups excluding carboxylic acids is 2. The molecule has 6 heteroatoms. The van der Waals surface area contributed by atoms with Crippen molar-refractivity contribution in [2.24, 2.45) is 0 Å². The van der Waals surface area contributed by atoms with E-state index in [9.17, 15) is 9.59 Å². The number of nitrogens with one attached hydrogen (secondary N) is 1. The normalized spacial score (nSPS) is 19.1. The second kappa shape index (κ2) is 5.40. The van der Waals surface area contributed by atoms with Gasteiger partial charge in [-0.25, -0.2) is 9.78 Å². The molecule has 1 unspecified atom stereocenters. The van der Waals surface area contributed by atoms with Gasteiger partial charge in [0.2, 0.25) is 5.91 Å². The van der Waals surface area contributed by atoms with Gasteiger partial charge in [-0.3, -0.25) is 4.79 Å².